The van der Waals surface area contributed by atoms with E-state index in [-0.39, 0.29) is 10.6 Å². The Morgan fingerprint density at radius 3 is 2.53 bits per heavy atom. The van der Waals surface area contributed by atoms with Crippen LogP contribution in [0.25, 0.3) is 0 Å². The highest BCUT2D eigenvalue weighted by atomic mass is 79.9. The van der Waals surface area contributed by atoms with Crippen LogP contribution in [0.5, 0.6) is 0 Å². The molecule has 0 spiro atoms. The zero-order valence-electron chi connectivity index (χ0n) is 9.43. The maximum absolute atomic E-state index is 12.2. The molecule has 1 aromatic heterocycles. The summed E-state index contributed by atoms with van der Waals surface area (Å²) < 4.78 is 0. The smallest absolute Gasteiger partial charge is 0.180 e. The number of carbonyl (C=O) groups is 1. The van der Waals surface area contributed by atoms with Crippen LogP contribution in [0, 0.1) is 6.92 Å². The second-order valence-corrected chi connectivity index (χ2v) is 4.79. The fourth-order valence-electron chi connectivity index (χ4n) is 1.54. The zero-order valence-corrected chi connectivity index (χ0v) is 11.0. The van der Waals surface area contributed by atoms with E-state index in [1.54, 1.807) is 12.4 Å². The van der Waals surface area contributed by atoms with E-state index < -0.39 is 0 Å². The molecular weight excluding hydrogens is 278 g/mol. The number of rotatable bonds is 3. The number of hydrogen-bond acceptors (Lipinski definition) is 2. The lowest BCUT2D eigenvalue weighted by molar-refractivity contribution is 0.0991. The molecule has 1 unspecified atom stereocenters. The van der Waals surface area contributed by atoms with Gasteiger partial charge < -0.3 is 0 Å². The fourth-order valence-corrected chi connectivity index (χ4v) is 2.08. The molecule has 86 valence electrons. The van der Waals surface area contributed by atoms with Crippen LogP contribution >= 0.6 is 15.9 Å². The number of carbonyl (C=O) groups excluding carboxylic acids is 1. The first-order valence-electron chi connectivity index (χ1n) is 5.33. The van der Waals surface area contributed by atoms with Gasteiger partial charge in [-0.2, -0.15) is 0 Å². The monoisotopic (exact) mass is 289 g/mol. The summed E-state index contributed by atoms with van der Waals surface area (Å²) in [5.41, 5.74) is 2.73. The molecule has 0 amide bonds. The van der Waals surface area contributed by atoms with Crippen LogP contribution in [0.3, 0.4) is 0 Å². The van der Waals surface area contributed by atoms with Crippen LogP contribution in [0.15, 0.2) is 48.8 Å². The fraction of sp³-hybridized carbons (Fsp3) is 0.143. The quantitative estimate of drug-likeness (QED) is 0.637. The maximum Gasteiger partial charge on any atom is 0.180 e. The van der Waals surface area contributed by atoms with Gasteiger partial charge in [-0.1, -0.05) is 51.8 Å². The van der Waals surface area contributed by atoms with Crippen molar-refractivity contribution in [1.29, 1.82) is 0 Å². The lowest BCUT2D eigenvalue weighted by Gasteiger charge is -2.08. The van der Waals surface area contributed by atoms with Crippen molar-refractivity contribution in [3.8, 4) is 0 Å². The van der Waals surface area contributed by atoms with Crippen molar-refractivity contribution < 1.29 is 4.79 Å². The number of aryl methyl sites for hydroxylation is 1. The highest BCUT2D eigenvalue weighted by Gasteiger charge is 2.18. The molecule has 0 saturated carbocycles. The van der Waals surface area contributed by atoms with E-state index in [0.717, 1.165) is 11.1 Å². The van der Waals surface area contributed by atoms with Gasteiger partial charge in [0.2, 0.25) is 0 Å². The van der Waals surface area contributed by atoms with E-state index in [0.29, 0.717) is 5.56 Å². The number of benzene rings is 1. The van der Waals surface area contributed by atoms with Gasteiger partial charge >= 0.3 is 0 Å². The van der Waals surface area contributed by atoms with Crippen molar-refractivity contribution in [2.45, 2.75) is 11.8 Å². The molecular formula is C14H12BrNO. The third kappa shape index (κ3) is 2.80. The van der Waals surface area contributed by atoms with E-state index in [2.05, 4.69) is 20.9 Å². The summed E-state index contributed by atoms with van der Waals surface area (Å²) in [4.78, 5) is 15.9. The first-order valence-corrected chi connectivity index (χ1v) is 6.25. The average molecular weight is 290 g/mol. The van der Waals surface area contributed by atoms with Crippen LogP contribution in [-0.4, -0.2) is 10.8 Å². The van der Waals surface area contributed by atoms with Crippen LogP contribution in [0.2, 0.25) is 0 Å². The first-order chi connectivity index (χ1) is 8.18. The van der Waals surface area contributed by atoms with E-state index in [1.165, 1.54) is 0 Å². The van der Waals surface area contributed by atoms with Crippen molar-refractivity contribution in [2.24, 2.45) is 0 Å². The SMILES string of the molecule is Cc1ccc(C(=O)C(Br)c2cccnc2)cc1. The molecule has 0 aliphatic heterocycles. The summed E-state index contributed by atoms with van der Waals surface area (Å²) in [5.74, 6) is 0.0537. The van der Waals surface area contributed by atoms with Crippen molar-refractivity contribution in [1.82, 2.24) is 4.98 Å². The van der Waals surface area contributed by atoms with Crippen LogP contribution in [-0.2, 0) is 0 Å². The van der Waals surface area contributed by atoms with Crippen LogP contribution in [0.4, 0.5) is 0 Å². The highest BCUT2D eigenvalue weighted by molar-refractivity contribution is 9.09. The highest BCUT2D eigenvalue weighted by Crippen LogP contribution is 2.26. The molecule has 0 N–H and O–H groups in total. The molecule has 0 fully saturated rings. The number of aromatic nitrogens is 1. The average Bonchev–Trinajstić information content (AvgIpc) is 2.39. The van der Waals surface area contributed by atoms with Crippen molar-refractivity contribution in [3.63, 3.8) is 0 Å². The Morgan fingerprint density at radius 1 is 1.24 bits per heavy atom. The molecule has 0 bridgehead atoms. The van der Waals surface area contributed by atoms with E-state index in [1.807, 2.05) is 43.3 Å². The van der Waals surface area contributed by atoms with Gasteiger partial charge in [0, 0.05) is 18.0 Å². The van der Waals surface area contributed by atoms with Gasteiger partial charge in [0.15, 0.2) is 5.78 Å². The van der Waals surface area contributed by atoms with Crippen molar-refractivity contribution in [2.75, 3.05) is 0 Å². The molecule has 0 saturated heterocycles. The standard InChI is InChI=1S/C14H12BrNO/c1-10-4-6-11(7-5-10)14(17)13(15)12-3-2-8-16-9-12/h2-9,13H,1H3. The summed E-state index contributed by atoms with van der Waals surface area (Å²) in [7, 11) is 0. The molecule has 17 heavy (non-hydrogen) atoms. The lowest BCUT2D eigenvalue weighted by Crippen LogP contribution is -2.07. The second kappa shape index (κ2) is 5.23. The number of ketones is 1. The minimum atomic E-state index is -0.334. The summed E-state index contributed by atoms with van der Waals surface area (Å²) in [6, 6.07) is 11.3. The molecule has 2 aromatic rings. The molecule has 2 rings (SSSR count). The Hall–Kier alpha value is -1.48. The summed E-state index contributed by atoms with van der Waals surface area (Å²) in [6.07, 6.45) is 3.39. The Labute approximate surface area is 109 Å². The molecule has 2 nitrogen and oxygen atoms in total. The van der Waals surface area contributed by atoms with Gasteiger partial charge in [-0.15, -0.1) is 0 Å². The molecule has 1 atom stereocenters. The molecule has 0 aliphatic rings. The Kier molecular flexibility index (Phi) is 3.69. The van der Waals surface area contributed by atoms with Gasteiger partial charge in [-0.05, 0) is 18.6 Å². The number of halogens is 1. The third-order valence-corrected chi connectivity index (χ3v) is 3.49. The topological polar surface area (TPSA) is 30.0 Å². The molecule has 0 aliphatic carbocycles. The van der Waals surface area contributed by atoms with Crippen LogP contribution in [0.1, 0.15) is 26.3 Å². The zero-order chi connectivity index (χ0) is 12.3. The minimum Gasteiger partial charge on any atom is -0.293 e. The number of nitrogens with zero attached hydrogens (tertiary/aromatic N) is 1. The first kappa shape index (κ1) is 12.0. The van der Waals surface area contributed by atoms with Gasteiger partial charge in [0.05, 0.1) is 0 Å². The van der Waals surface area contributed by atoms with Gasteiger partial charge in [-0.3, -0.25) is 9.78 Å². The predicted octanol–water partition coefficient (Wildman–Crippen LogP) is 3.71. The summed E-state index contributed by atoms with van der Waals surface area (Å²) in [5, 5.41) is 0. The lowest BCUT2D eigenvalue weighted by atomic mass is 10.0. The molecule has 3 heteroatoms. The van der Waals surface area contributed by atoms with Gasteiger partial charge in [0.1, 0.15) is 4.83 Å². The minimum absolute atomic E-state index is 0.0537. The van der Waals surface area contributed by atoms with Crippen LogP contribution < -0.4 is 0 Å². The summed E-state index contributed by atoms with van der Waals surface area (Å²) >= 11 is 3.42. The van der Waals surface area contributed by atoms with Gasteiger partial charge in [-0.25, -0.2) is 0 Å². The summed E-state index contributed by atoms with van der Waals surface area (Å²) in [6.45, 7) is 2.00. The Bertz CT molecular complexity index is 508. The number of hydrogen-bond donors (Lipinski definition) is 0. The maximum atomic E-state index is 12.2. The molecule has 1 aromatic carbocycles. The second-order valence-electron chi connectivity index (χ2n) is 3.88. The normalized spacial score (nSPS) is 12.1. The van der Waals surface area contributed by atoms with Crippen molar-refractivity contribution in [3.05, 3.63) is 65.5 Å². The number of alkyl halides is 1. The van der Waals surface area contributed by atoms with E-state index in [9.17, 15) is 4.79 Å². The number of Topliss-reactive ketones (excluding diaryl/α,β-unsaturated/α-hetero) is 1. The largest absolute Gasteiger partial charge is 0.293 e. The molecule has 1 heterocycles. The van der Waals surface area contributed by atoms with Gasteiger partial charge in [0.25, 0.3) is 0 Å². The van der Waals surface area contributed by atoms with E-state index >= 15 is 0 Å². The Morgan fingerprint density at radius 2 is 1.94 bits per heavy atom. The van der Waals surface area contributed by atoms with Crippen molar-refractivity contribution >= 4 is 21.7 Å². The third-order valence-electron chi connectivity index (χ3n) is 2.54. The number of pyridine rings is 1. The van der Waals surface area contributed by atoms with E-state index in [4.69, 9.17) is 0 Å². The molecule has 0 radical (unpaired) electrons. The Balaban J connectivity index is 2.23. The predicted molar refractivity (Wildman–Crippen MR) is 71.4 cm³/mol.